The summed E-state index contributed by atoms with van der Waals surface area (Å²) in [6, 6.07) is 10.0. The molecular formula is C24H29BN4O3. The lowest BCUT2D eigenvalue weighted by atomic mass is 9.93. The molecule has 166 valence electrons. The molecule has 4 atom stereocenters. The highest BCUT2D eigenvalue weighted by atomic mass is 16.5. The van der Waals surface area contributed by atoms with Crippen LogP contribution in [0.4, 0.5) is 4.79 Å². The number of rotatable bonds is 4. The molecule has 2 aromatic carbocycles. The van der Waals surface area contributed by atoms with Crippen LogP contribution < -0.4 is 10.8 Å². The van der Waals surface area contributed by atoms with Crippen LogP contribution >= 0.6 is 0 Å². The minimum absolute atomic E-state index is 0.0516. The number of imidazole rings is 1. The smallest absolute Gasteiger partial charge is 0.407 e. The van der Waals surface area contributed by atoms with Crippen molar-refractivity contribution in [3.8, 4) is 0 Å². The van der Waals surface area contributed by atoms with E-state index in [0.29, 0.717) is 5.92 Å². The topological polar surface area (TPSA) is 87.3 Å². The highest BCUT2D eigenvalue weighted by Gasteiger charge is 2.51. The lowest BCUT2D eigenvalue weighted by molar-refractivity contribution is -0.139. The van der Waals surface area contributed by atoms with Crippen LogP contribution in [-0.4, -0.2) is 53.9 Å². The average molecular weight is 432 g/mol. The van der Waals surface area contributed by atoms with Gasteiger partial charge in [0.25, 0.3) is 0 Å². The third kappa shape index (κ3) is 3.33. The Morgan fingerprint density at radius 1 is 1.25 bits per heavy atom. The number of ether oxygens (including phenoxy) is 1. The first-order valence-corrected chi connectivity index (χ1v) is 11.4. The zero-order valence-corrected chi connectivity index (χ0v) is 19.0. The number of methoxy groups -OCH3 is 1. The van der Waals surface area contributed by atoms with E-state index in [4.69, 9.17) is 9.72 Å². The van der Waals surface area contributed by atoms with E-state index < -0.39 is 12.1 Å². The molecule has 3 aromatic rings. The summed E-state index contributed by atoms with van der Waals surface area (Å²) in [5, 5.41) is 5.06. The number of likely N-dealkylation sites (tertiary alicyclic amines) is 1. The predicted molar refractivity (Wildman–Crippen MR) is 127 cm³/mol. The van der Waals surface area contributed by atoms with Gasteiger partial charge in [-0.25, -0.2) is 9.78 Å². The van der Waals surface area contributed by atoms with Crippen molar-refractivity contribution in [2.75, 3.05) is 7.11 Å². The van der Waals surface area contributed by atoms with Crippen LogP contribution in [0.2, 0.25) is 0 Å². The first-order chi connectivity index (χ1) is 15.4. The molecule has 2 N–H and O–H groups in total. The molecule has 2 bridgehead atoms. The molecule has 2 aliphatic rings. The van der Waals surface area contributed by atoms with Crippen LogP contribution in [0.3, 0.4) is 0 Å². The number of fused-ring (bicyclic) bond motifs is 5. The van der Waals surface area contributed by atoms with Crippen LogP contribution in [-0.2, 0) is 9.53 Å². The number of hydrogen-bond donors (Lipinski definition) is 2. The summed E-state index contributed by atoms with van der Waals surface area (Å²) >= 11 is 0. The minimum Gasteiger partial charge on any atom is -0.453 e. The van der Waals surface area contributed by atoms with Crippen LogP contribution in [0.5, 0.6) is 0 Å². The monoisotopic (exact) mass is 432 g/mol. The summed E-state index contributed by atoms with van der Waals surface area (Å²) in [7, 11) is 3.41. The summed E-state index contributed by atoms with van der Waals surface area (Å²) < 4.78 is 4.77. The van der Waals surface area contributed by atoms with Crippen LogP contribution in [0.15, 0.2) is 30.3 Å². The van der Waals surface area contributed by atoms with Gasteiger partial charge in [0.05, 0.1) is 24.2 Å². The second-order valence-electron chi connectivity index (χ2n) is 9.58. The minimum atomic E-state index is -0.627. The van der Waals surface area contributed by atoms with Gasteiger partial charge in [-0.05, 0) is 42.6 Å². The van der Waals surface area contributed by atoms with Crippen molar-refractivity contribution >= 4 is 47.1 Å². The number of piperidine rings is 1. The quantitative estimate of drug-likeness (QED) is 0.620. The summed E-state index contributed by atoms with van der Waals surface area (Å²) in [4.78, 5) is 36.1. The third-order valence-corrected chi connectivity index (χ3v) is 7.16. The summed E-state index contributed by atoms with van der Waals surface area (Å²) in [5.74, 6) is 1.12. The maximum absolute atomic E-state index is 13.7. The molecule has 0 spiro atoms. The molecule has 1 aliphatic heterocycles. The van der Waals surface area contributed by atoms with Gasteiger partial charge in [0.1, 0.15) is 19.7 Å². The Morgan fingerprint density at radius 2 is 2.06 bits per heavy atom. The molecule has 0 unspecified atom stereocenters. The van der Waals surface area contributed by atoms with Crippen molar-refractivity contribution in [3.63, 3.8) is 0 Å². The zero-order chi connectivity index (χ0) is 22.6. The van der Waals surface area contributed by atoms with Gasteiger partial charge in [0.15, 0.2) is 0 Å². The number of hydrogen-bond acceptors (Lipinski definition) is 4. The van der Waals surface area contributed by atoms with E-state index in [1.807, 2.05) is 24.8 Å². The number of amides is 2. The largest absolute Gasteiger partial charge is 0.453 e. The molecule has 2 heterocycles. The van der Waals surface area contributed by atoms with E-state index in [1.165, 1.54) is 18.0 Å². The summed E-state index contributed by atoms with van der Waals surface area (Å²) in [5.41, 5.74) is 3.15. The SMILES string of the molecule is Bc1ccc2c(ccc3nc([C@@H]4[C@@H]5CC[C@@H](C5)N4C(=O)[C@@H](NC(=O)OC)C(C)C)[nH]c32)c1. The van der Waals surface area contributed by atoms with Crippen molar-refractivity contribution in [1.29, 1.82) is 0 Å². The van der Waals surface area contributed by atoms with Gasteiger partial charge >= 0.3 is 6.09 Å². The Bertz CT molecular complexity index is 1210. The average Bonchev–Trinajstić information content (AvgIpc) is 3.50. The van der Waals surface area contributed by atoms with E-state index in [1.54, 1.807) is 0 Å². The molecule has 5 rings (SSSR count). The van der Waals surface area contributed by atoms with Gasteiger partial charge in [-0.1, -0.05) is 43.6 Å². The number of aromatic amines is 1. The lowest BCUT2D eigenvalue weighted by Crippen LogP contribution is -2.54. The van der Waals surface area contributed by atoms with Crippen LogP contribution in [0.25, 0.3) is 21.8 Å². The highest BCUT2D eigenvalue weighted by Crippen LogP contribution is 2.50. The molecule has 1 aromatic heterocycles. The normalized spacial score (nSPS) is 23.2. The number of carbonyl (C=O) groups is 2. The van der Waals surface area contributed by atoms with Gasteiger partial charge < -0.3 is 19.9 Å². The molecule has 1 aliphatic carbocycles. The number of benzene rings is 2. The standard InChI is InChI=1S/C24H29BN4O3/c1-12(2)19(28-24(31)32-3)23(30)29-16-7-4-14(11-16)21(29)22-26-18-9-5-13-10-15(25)6-8-17(13)20(18)27-22/h5-6,8-10,12,14,16,19,21H,4,7,11,25H2,1-3H3,(H,26,27)(H,28,31)/t14-,16+,19+,21+/m1/s1. The van der Waals surface area contributed by atoms with Crippen molar-refractivity contribution in [1.82, 2.24) is 20.2 Å². The summed E-state index contributed by atoms with van der Waals surface area (Å²) in [6.07, 6.45) is 2.49. The van der Waals surface area contributed by atoms with Gasteiger partial charge in [0, 0.05) is 11.4 Å². The fourth-order valence-electron chi connectivity index (χ4n) is 5.61. The van der Waals surface area contributed by atoms with E-state index in [0.717, 1.165) is 41.5 Å². The highest BCUT2D eigenvalue weighted by molar-refractivity contribution is 6.33. The molecule has 2 fully saturated rings. The Morgan fingerprint density at radius 3 is 2.81 bits per heavy atom. The van der Waals surface area contributed by atoms with Gasteiger partial charge in [-0.2, -0.15) is 0 Å². The maximum atomic E-state index is 13.7. The number of aromatic nitrogens is 2. The van der Waals surface area contributed by atoms with Crippen molar-refractivity contribution in [3.05, 3.63) is 36.2 Å². The second kappa shape index (κ2) is 7.83. The van der Waals surface area contributed by atoms with Crippen molar-refractivity contribution in [2.45, 2.75) is 51.2 Å². The van der Waals surface area contributed by atoms with Crippen LogP contribution in [0, 0.1) is 11.8 Å². The first kappa shape index (κ1) is 20.9. The molecule has 1 saturated heterocycles. The van der Waals surface area contributed by atoms with Gasteiger partial charge in [-0.3, -0.25) is 4.79 Å². The fourth-order valence-corrected chi connectivity index (χ4v) is 5.61. The number of nitrogens with one attached hydrogen (secondary N) is 2. The second-order valence-corrected chi connectivity index (χ2v) is 9.58. The van der Waals surface area contributed by atoms with E-state index in [9.17, 15) is 9.59 Å². The van der Waals surface area contributed by atoms with E-state index in [2.05, 4.69) is 42.4 Å². The Balaban J connectivity index is 1.54. The fraction of sp³-hybridized carbons (Fsp3) is 0.458. The molecule has 8 heteroatoms. The number of nitrogens with zero attached hydrogens (tertiary/aromatic N) is 2. The predicted octanol–water partition coefficient (Wildman–Crippen LogP) is 2.41. The van der Waals surface area contributed by atoms with E-state index in [-0.39, 0.29) is 23.9 Å². The number of carbonyl (C=O) groups excluding carboxylic acids is 2. The maximum Gasteiger partial charge on any atom is 0.407 e. The first-order valence-electron chi connectivity index (χ1n) is 11.4. The van der Waals surface area contributed by atoms with E-state index >= 15 is 0 Å². The van der Waals surface area contributed by atoms with Crippen molar-refractivity contribution < 1.29 is 14.3 Å². The third-order valence-electron chi connectivity index (χ3n) is 7.16. The molecule has 7 nitrogen and oxygen atoms in total. The number of H-pyrrole nitrogens is 1. The van der Waals surface area contributed by atoms with Crippen molar-refractivity contribution in [2.24, 2.45) is 11.8 Å². The Kier molecular flexibility index (Phi) is 5.11. The zero-order valence-electron chi connectivity index (χ0n) is 19.0. The molecular weight excluding hydrogens is 403 g/mol. The molecule has 2 amide bonds. The Labute approximate surface area is 188 Å². The molecule has 32 heavy (non-hydrogen) atoms. The van der Waals surface area contributed by atoms with Crippen LogP contribution in [0.1, 0.15) is 45.0 Å². The number of alkyl carbamates (subject to hydrolysis) is 1. The Hall–Kier alpha value is -3.03. The molecule has 1 saturated carbocycles. The lowest BCUT2D eigenvalue weighted by Gasteiger charge is -2.37. The van der Waals surface area contributed by atoms with Gasteiger partial charge in [0.2, 0.25) is 5.91 Å². The molecule has 0 radical (unpaired) electrons. The summed E-state index contributed by atoms with van der Waals surface area (Å²) in [6.45, 7) is 3.88. The van der Waals surface area contributed by atoms with Gasteiger partial charge in [-0.15, -0.1) is 0 Å².